The molecule has 3 rings (SSSR count). The molecule has 7 nitrogen and oxygen atoms in total. The van der Waals surface area contributed by atoms with Crippen LogP contribution in [0.15, 0.2) is 53.6 Å². The summed E-state index contributed by atoms with van der Waals surface area (Å²) in [5.74, 6) is 0.234. The van der Waals surface area contributed by atoms with E-state index in [9.17, 15) is 18.3 Å². The van der Waals surface area contributed by atoms with Crippen LogP contribution in [-0.2, 0) is 10.0 Å². The van der Waals surface area contributed by atoms with Crippen molar-refractivity contribution >= 4 is 21.7 Å². The number of benzene rings is 1. The second-order valence-electron chi connectivity index (χ2n) is 6.24. The van der Waals surface area contributed by atoms with Gasteiger partial charge in [0.2, 0.25) is 10.0 Å². The summed E-state index contributed by atoms with van der Waals surface area (Å²) in [7, 11) is -2.06. The molecule has 1 saturated heterocycles. The van der Waals surface area contributed by atoms with Gasteiger partial charge >= 0.3 is 0 Å². The van der Waals surface area contributed by atoms with E-state index in [0.29, 0.717) is 30.8 Å². The number of hydrogen-bond donors (Lipinski definition) is 1. The van der Waals surface area contributed by atoms with Crippen molar-refractivity contribution in [1.29, 1.82) is 0 Å². The smallest absolute Gasteiger partial charge is 0.259 e. The maximum absolute atomic E-state index is 12.7. The number of carbonyl (C=O) groups is 1. The van der Waals surface area contributed by atoms with E-state index in [-0.39, 0.29) is 17.3 Å². The first-order valence-corrected chi connectivity index (χ1v) is 9.81. The molecule has 26 heavy (non-hydrogen) atoms. The lowest BCUT2D eigenvalue weighted by atomic mass is 10.1. The molecular weight excluding hydrogens is 354 g/mol. The minimum absolute atomic E-state index is 0.103. The van der Waals surface area contributed by atoms with Crippen LogP contribution in [0.1, 0.15) is 23.2 Å². The van der Waals surface area contributed by atoms with Crippen LogP contribution in [0.4, 0.5) is 5.82 Å². The van der Waals surface area contributed by atoms with Gasteiger partial charge in [-0.25, -0.2) is 13.4 Å². The summed E-state index contributed by atoms with van der Waals surface area (Å²) in [5.41, 5.74) is 0.371. The Morgan fingerprint density at radius 1 is 1.23 bits per heavy atom. The van der Waals surface area contributed by atoms with Crippen molar-refractivity contribution in [3.63, 3.8) is 0 Å². The van der Waals surface area contributed by atoms with Gasteiger partial charge in [0.1, 0.15) is 5.82 Å². The van der Waals surface area contributed by atoms with Crippen LogP contribution in [0.5, 0.6) is 0 Å². The number of β-amino-alcohol motifs (C(OH)–C–C–N with tert-alkyl or cyclic N) is 1. The Morgan fingerprint density at radius 3 is 2.58 bits per heavy atom. The van der Waals surface area contributed by atoms with Gasteiger partial charge in [-0.05, 0) is 49.2 Å². The minimum atomic E-state index is -3.67. The van der Waals surface area contributed by atoms with Gasteiger partial charge in [0.25, 0.3) is 5.91 Å². The number of rotatable bonds is 4. The van der Waals surface area contributed by atoms with Crippen molar-refractivity contribution in [2.75, 3.05) is 25.0 Å². The molecule has 0 unspecified atom stereocenters. The highest BCUT2D eigenvalue weighted by atomic mass is 32.2. The van der Waals surface area contributed by atoms with E-state index < -0.39 is 16.1 Å². The zero-order chi connectivity index (χ0) is 18.7. The zero-order valence-electron chi connectivity index (χ0n) is 14.4. The van der Waals surface area contributed by atoms with Crippen molar-refractivity contribution in [1.82, 2.24) is 9.29 Å². The van der Waals surface area contributed by atoms with Gasteiger partial charge in [-0.2, -0.15) is 4.31 Å². The maximum Gasteiger partial charge on any atom is 0.259 e. The van der Waals surface area contributed by atoms with E-state index >= 15 is 0 Å². The van der Waals surface area contributed by atoms with Crippen molar-refractivity contribution in [3.05, 3.63) is 54.2 Å². The number of aliphatic hydroxyl groups excluding tert-OH is 1. The first-order valence-electron chi connectivity index (χ1n) is 8.37. The van der Waals surface area contributed by atoms with Crippen molar-refractivity contribution in [3.8, 4) is 0 Å². The molecule has 1 N–H and O–H groups in total. The summed E-state index contributed by atoms with van der Waals surface area (Å²) < 4.78 is 26.6. The Kier molecular flexibility index (Phi) is 5.36. The fraction of sp³-hybridized carbons (Fsp3) is 0.333. The van der Waals surface area contributed by atoms with Crippen LogP contribution in [-0.4, -0.2) is 55.0 Å². The van der Waals surface area contributed by atoms with E-state index in [0.717, 1.165) is 0 Å². The zero-order valence-corrected chi connectivity index (χ0v) is 15.3. The largest absolute Gasteiger partial charge is 0.392 e. The number of anilines is 1. The van der Waals surface area contributed by atoms with Gasteiger partial charge in [-0.3, -0.25) is 9.69 Å². The number of carbonyl (C=O) groups excluding carboxylic acids is 1. The highest BCUT2D eigenvalue weighted by Gasteiger charge is 2.29. The first-order chi connectivity index (χ1) is 12.4. The van der Waals surface area contributed by atoms with Crippen LogP contribution in [0.2, 0.25) is 0 Å². The molecule has 0 radical (unpaired) electrons. The van der Waals surface area contributed by atoms with Crippen molar-refractivity contribution < 1.29 is 18.3 Å². The van der Waals surface area contributed by atoms with E-state index in [1.807, 2.05) is 0 Å². The fourth-order valence-corrected chi connectivity index (χ4v) is 4.42. The summed E-state index contributed by atoms with van der Waals surface area (Å²) in [6.07, 6.45) is 2.21. The van der Waals surface area contributed by atoms with E-state index in [2.05, 4.69) is 4.98 Å². The molecule has 0 bridgehead atoms. The normalized spacial score (nSPS) is 18.5. The Bertz CT molecular complexity index is 869. The third kappa shape index (κ3) is 3.77. The molecule has 1 fully saturated rings. The number of amides is 1. The molecule has 138 valence electrons. The molecule has 0 saturated carbocycles. The molecular formula is C18H21N3O4S. The first kappa shape index (κ1) is 18.5. The molecule has 1 atom stereocenters. The average Bonchev–Trinajstić information content (AvgIpc) is 2.67. The predicted molar refractivity (Wildman–Crippen MR) is 97.4 cm³/mol. The Labute approximate surface area is 152 Å². The van der Waals surface area contributed by atoms with Crippen LogP contribution in [0, 0.1) is 0 Å². The molecule has 0 spiro atoms. The number of piperidine rings is 1. The van der Waals surface area contributed by atoms with E-state index in [1.54, 1.807) is 31.4 Å². The molecule has 2 heterocycles. The monoisotopic (exact) mass is 375 g/mol. The molecule has 0 aliphatic carbocycles. The number of aliphatic hydroxyl groups is 1. The number of nitrogens with zero attached hydrogens (tertiary/aromatic N) is 3. The fourth-order valence-electron chi connectivity index (χ4n) is 2.91. The summed E-state index contributed by atoms with van der Waals surface area (Å²) >= 11 is 0. The lowest BCUT2D eigenvalue weighted by molar-refractivity contribution is 0.0992. The van der Waals surface area contributed by atoms with Crippen molar-refractivity contribution in [2.45, 2.75) is 23.8 Å². The highest BCUT2D eigenvalue weighted by Crippen LogP contribution is 2.22. The second kappa shape index (κ2) is 7.53. The quantitative estimate of drug-likeness (QED) is 0.875. The van der Waals surface area contributed by atoms with Gasteiger partial charge in [-0.15, -0.1) is 0 Å². The maximum atomic E-state index is 12.7. The number of pyridine rings is 1. The standard InChI is InChI=1S/C18H21N3O4S/c1-20(17-6-2-3-11-19-17)18(23)14-7-9-16(10-8-14)26(24,25)21-12-4-5-15(22)13-21/h2-3,6-11,15,22H,4-5,12-13H2,1H3/t15-/m0/s1. The number of aromatic nitrogens is 1. The molecule has 1 amide bonds. The Balaban J connectivity index is 1.79. The molecule has 1 aliphatic heterocycles. The average molecular weight is 375 g/mol. The molecule has 8 heteroatoms. The number of sulfonamides is 1. The molecule has 1 aliphatic rings. The lowest BCUT2D eigenvalue weighted by Gasteiger charge is -2.29. The van der Waals surface area contributed by atoms with Gasteiger partial charge < -0.3 is 5.11 Å². The van der Waals surface area contributed by atoms with Crippen LogP contribution < -0.4 is 4.90 Å². The SMILES string of the molecule is CN(C(=O)c1ccc(S(=O)(=O)N2CCC[C@H](O)C2)cc1)c1ccccn1. The molecule has 1 aromatic heterocycles. The van der Waals surface area contributed by atoms with Gasteiger partial charge in [0, 0.05) is 31.9 Å². The summed E-state index contributed by atoms with van der Waals surface area (Å²) in [5, 5.41) is 9.71. The van der Waals surface area contributed by atoms with Gasteiger partial charge in [0.15, 0.2) is 0 Å². The third-order valence-electron chi connectivity index (χ3n) is 4.40. The van der Waals surface area contributed by atoms with E-state index in [1.165, 1.54) is 33.5 Å². The minimum Gasteiger partial charge on any atom is -0.392 e. The number of hydrogen-bond acceptors (Lipinski definition) is 5. The van der Waals surface area contributed by atoms with Gasteiger partial charge in [-0.1, -0.05) is 6.07 Å². The molecule has 1 aromatic carbocycles. The van der Waals surface area contributed by atoms with Crippen LogP contribution in [0.25, 0.3) is 0 Å². The molecule has 2 aromatic rings. The Morgan fingerprint density at radius 2 is 1.96 bits per heavy atom. The van der Waals surface area contributed by atoms with Crippen LogP contribution in [0.3, 0.4) is 0 Å². The third-order valence-corrected chi connectivity index (χ3v) is 6.28. The Hall–Kier alpha value is -2.29. The van der Waals surface area contributed by atoms with E-state index in [4.69, 9.17) is 0 Å². The predicted octanol–water partition coefficient (Wildman–Crippen LogP) is 1.50. The lowest BCUT2D eigenvalue weighted by Crippen LogP contribution is -2.42. The topological polar surface area (TPSA) is 90.8 Å². The summed E-state index contributed by atoms with van der Waals surface area (Å²) in [6.45, 7) is 0.494. The van der Waals surface area contributed by atoms with Crippen LogP contribution >= 0.6 is 0 Å². The van der Waals surface area contributed by atoms with Gasteiger partial charge in [0.05, 0.1) is 11.0 Å². The highest BCUT2D eigenvalue weighted by molar-refractivity contribution is 7.89. The summed E-state index contributed by atoms with van der Waals surface area (Å²) in [4.78, 5) is 18.2. The second-order valence-corrected chi connectivity index (χ2v) is 8.17. The summed E-state index contributed by atoms with van der Waals surface area (Å²) in [6, 6.07) is 11.1. The van der Waals surface area contributed by atoms with Crippen molar-refractivity contribution in [2.24, 2.45) is 0 Å².